The number of rotatable bonds is 1. The maximum Gasteiger partial charge on any atom is 0.0647 e. The molecule has 1 rings (SSSR count). The van der Waals surface area contributed by atoms with Crippen LogP contribution in [0.5, 0.6) is 0 Å². The first-order valence-corrected chi connectivity index (χ1v) is 2.75. The van der Waals surface area contributed by atoms with E-state index in [1.165, 1.54) is 0 Å². The van der Waals surface area contributed by atoms with Crippen LogP contribution >= 0.6 is 0 Å². The van der Waals surface area contributed by atoms with Gasteiger partial charge >= 0.3 is 0 Å². The van der Waals surface area contributed by atoms with E-state index < -0.39 is 0 Å². The molecule has 1 nitrogen and oxygen atoms in total. The molecule has 0 fully saturated rings. The molecular weight excluding hydrogens is 294 g/mol. The third-order valence-corrected chi connectivity index (χ3v) is 1.07. The maximum absolute atomic E-state index is 8.26. The minimum Gasteiger partial charge on any atom is -0.198 e. The normalized spacial score (nSPS) is 7.50. The molecule has 0 atom stereocenters. The van der Waals surface area contributed by atoms with Crippen molar-refractivity contribution in [3.63, 3.8) is 0 Å². The van der Waals surface area contributed by atoms with Crippen LogP contribution in [-0.2, 0) is 27.5 Å². The Morgan fingerprint density at radius 3 is 2.50 bits per heavy atom. The topological polar surface area (TPSA) is 23.8 Å². The first-order valence-electron chi connectivity index (χ1n) is 2.75. The van der Waals surface area contributed by atoms with Crippen molar-refractivity contribution in [1.82, 2.24) is 0 Å². The van der Waals surface area contributed by atoms with Crippen LogP contribution in [0.3, 0.4) is 0 Å². The molecule has 0 unspecified atom stereocenters. The van der Waals surface area contributed by atoms with Crippen LogP contribution in [0.4, 0.5) is 0 Å². The van der Waals surface area contributed by atoms with Crippen molar-refractivity contribution >= 4 is 0 Å². The zero-order valence-corrected chi connectivity index (χ0v) is 8.31. The van der Waals surface area contributed by atoms with Gasteiger partial charge in [-0.2, -0.15) is 35.6 Å². The van der Waals surface area contributed by atoms with E-state index in [4.69, 9.17) is 5.26 Å². The summed E-state index contributed by atoms with van der Waals surface area (Å²) < 4.78 is 0. The minimum atomic E-state index is 0. The second kappa shape index (κ2) is 5.20. The zero-order valence-electron chi connectivity index (χ0n) is 5.37. The summed E-state index contributed by atoms with van der Waals surface area (Å²) in [5.41, 5.74) is 1.05. The van der Waals surface area contributed by atoms with Crippen LogP contribution in [0.15, 0.2) is 24.3 Å². The van der Waals surface area contributed by atoms with Crippen LogP contribution in [0.2, 0.25) is 0 Å². The number of benzene rings is 1. The van der Waals surface area contributed by atoms with Gasteiger partial charge in [0.25, 0.3) is 0 Å². The fraction of sp³-hybridized carbons (Fsp3) is 0.125. The van der Waals surface area contributed by atoms with E-state index in [-0.39, 0.29) is 21.1 Å². The van der Waals surface area contributed by atoms with Crippen molar-refractivity contribution in [2.45, 2.75) is 6.42 Å². The summed E-state index contributed by atoms with van der Waals surface area (Å²) in [6, 6.07) is 12.4. The number of nitrogens with zero attached hydrogens (tertiary/aromatic N) is 1. The molecule has 0 bridgehead atoms. The van der Waals surface area contributed by atoms with Gasteiger partial charge in [0, 0.05) is 27.5 Å². The molecule has 0 spiro atoms. The molecule has 2 heteroatoms. The molecule has 0 aliphatic heterocycles. The Bertz CT molecular complexity index is 212. The van der Waals surface area contributed by atoms with Crippen LogP contribution in [-0.4, -0.2) is 0 Å². The van der Waals surface area contributed by atoms with E-state index >= 15 is 0 Å². The summed E-state index contributed by atoms with van der Waals surface area (Å²) in [5, 5.41) is 8.26. The fourth-order valence-electron chi connectivity index (χ4n) is 0.631. The molecule has 50 valence electrons. The molecule has 0 heterocycles. The van der Waals surface area contributed by atoms with Gasteiger partial charge in [0.1, 0.15) is 0 Å². The first kappa shape index (κ1) is 9.40. The molecular formula is C8H6NW-. The van der Waals surface area contributed by atoms with E-state index in [9.17, 15) is 0 Å². The molecule has 0 aliphatic carbocycles. The van der Waals surface area contributed by atoms with Crippen LogP contribution in [0.1, 0.15) is 5.56 Å². The Labute approximate surface area is 74.9 Å². The van der Waals surface area contributed by atoms with Crippen LogP contribution in [0.25, 0.3) is 0 Å². The van der Waals surface area contributed by atoms with E-state index in [1.807, 2.05) is 24.3 Å². The minimum absolute atomic E-state index is 0. The summed E-state index contributed by atoms with van der Waals surface area (Å²) in [4.78, 5) is 0. The first-order chi connectivity index (χ1) is 4.43. The van der Waals surface area contributed by atoms with Gasteiger partial charge in [-0.05, 0) is 0 Å². The Balaban J connectivity index is 0.000000810. The Morgan fingerprint density at radius 2 is 2.00 bits per heavy atom. The molecule has 0 radical (unpaired) electrons. The van der Waals surface area contributed by atoms with Gasteiger partial charge < -0.3 is 0 Å². The van der Waals surface area contributed by atoms with E-state index in [2.05, 4.69) is 12.1 Å². The average Bonchev–Trinajstić information content (AvgIpc) is 1.91. The number of hydrogen-bond donors (Lipinski definition) is 0. The second-order valence-corrected chi connectivity index (χ2v) is 1.74. The fourth-order valence-corrected chi connectivity index (χ4v) is 0.631. The van der Waals surface area contributed by atoms with Gasteiger partial charge in [0.05, 0.1) is 6.07 Å². The number of nitriles is 1. The van der Waals surface area contributed by atoms with Crippen molar-refractivity contribution in [3.05, 3.63) is 35.9 Å². The predicted molar refractivity (Wildman–Crippen MR) is 34.6 cm³/mol. The summed E-state index contributed by atoms with van der Waals surface area (Å²) in [6.45, 7) is 0. The predicted octanol–water partition coefficient (Wildman–Crippen LogP) is 1.55. The third kappa shape index (κ3) is 2.80. The van der Waals surface area contributed by atoms with Gasteiger partial charge in [-0.15, -0.1) is 5.56 Å². The van der Waals surface area contributed by atoms with E-state index in [1.54, 1.807) is 0 Å². The van der Waals surface area contributed by atoms with Crippen molar-refractivity contribution in [2.24, 2.45) is 0 Å². The van der Waals surface area contributed by atoms with Crippen molar-refractivity contribution in [1.29, 1.82) is 5.26 Å². The molecule has 0 aliphatic rings. The molecule has 0 aromatic heterocycles. The molecule has 1 aromatic carbocycles. The Hall–Kier alpha value is -0.602. The quantitative estimate of drug-likeness (QED) is 0.722. The van der Waals surface area contributed by atoms with Crippen LogP contribution in [0, 0.1) is 17.4 Å². The van der Waals surface area contributed by atoms with Gasteiger partial charge in [0.15, 0.2) is 0 Å². The standard InChI is InChI=1S/C8H6N.W/c9-7-6-8-4-2-1-3-5-8;/h2-5H,6H2;/q-1;. The molecule has 0 amide bonds. The molecule has 0 N–H and O–H groups in total. The van der Waals surface area contributed by atoms with E-state index in [0.717, 1.165) is 5.56 Å². The summed E-state index contributed by atoms with van der Waals surface area (Å²) in [5.74, 6) is 0. The van der Waals surface area contributed by atoms with Crippen molar-refractivity contribution in [3.8, 4) is 6.07 Å². The molecule has 1 aromatic rings. The number of hydrogen-bond acceptors (Lipinski definition) is 1. The maximum atomic E-state index is 8.26. The summed E-state index contributed by atoms with van der Waals surface area (Å²) in [6.07, 6.45) is 0.495. The van der Waals surface area contributed by atoms with Crippen molar-refractivity contribution in [2.75, 3.05) is 0 Å². The molecule has 0 saturated carbocycles. The SMILES string of the molecule is N#CCc1cc[c-]cc1.[W]. The largest absolute Gasteiger partial charge is 0.198 e. The molecule has 0 saturated heterocycles. The van der Waals surface area contributed by atoms with Gasteiger partial charge in [-0.25, -0.2) is 0 Å². The molecule has 10 heavy (non-hydrogen) atoms. The average molecular weight is 300 g/mol. The van der Waals surface area contributed by atoms with Crippen LogP contribution < -0.4 is 0 Å². The zero-order chi connectivity index (χ0) is 6.53. The Kier molecular flexibility index (Phi) is 4.89. The van der Waals surface area contributed by atoms with Crippen molar-refractivity contribution < 1.29 is 21.1 Å². The van der Waals surface area contributed by atoms with Gasteiger partial charge in [0.2, 0.25) is 0 Å². The Morgan fingerprint density at radius 1 is 1.40 bits per heavy atom. The monoisotopic (exact) mass is 300 g/mol. The van der Waals surface area contributed by atoms with Gasteiger partial charge in [-0.3, -0.25) is 0 Å². The van der Waals surface area contributed by atoms with E-state index in [0.29, 0.717) is 6.42 Å². The third-order valence-electron chi connectivity index (χ3n) is 1.07. The summed E-state index contributed by atoms with van der Waals surface area (Å²) in [7, 11) is 0. The second-order valence-electron chi connectivity index (χ2n) is 1.74. The van der Waals surface area contributed by atoms with Gasteiger partial charge in [-0.1, -0.05) is 0 Å². The summed E-state index contributed by atoms with van der Waals surface area (Å²) >= 11 is 0. The smallest absolute Gasteiger partial charge is 0.0647 e.